The zero-order chi connectivity index (χ0) is 21.7. The number of carbonyl (C=O) groups excluding carboxylic acids is 2. The molecule has 2 amide bonds. The number of amides is 2. The molecule has 0 radical (unpaired) electrons. The predicted molar refractivity (Wildman–Crippen MR) is 120 cm³/mol. The SMILES string of the molecule is CCOc1ccc(C(=O)NNC(=O)c2cc3sc(N(CC)CC)nc3s2)cc1OC. The van der Waals surface area contributed by atoms with Gasteiger partial charge in [0.05, 0.1) is 23.3 Å². The normalized spacial score (nSPS) is 10.7. The van der Waals surface area contributed by atoms with Crippen LogP contribution in [0, 0.1) is 0 Å². The quantitative estimate of drug-likeness (QED) is 0.511. The summed E-state index contributed by atoms with van der Waals surface area (Å²) < 4.78 is 11.6. The molecule has 0 unspecified atom stereocenters. The lowest BCUT2D eigenvalue weighted by Crippen LogP contribution is -2.41. The number of anilines is 1. The van der Waals surface area contributed by atoms with E-state index in [1.807, 2.05) is 6.92 Å². The smallest absolute Gasteiger partial charge is 0.279 e. The van der Waals surface area contributed by atoms with Crippen molar-refractivity contribution in [3.8, 4) is 11.5 Å². The molecule has 0 aliphatic rings. The summed E-state index contributed by atoms with van der Waals surface area (Å²) in [7, 11) is 1.50. The number of thiazole rings is 1. The fourth-order valence-electron chi connectivity index (χ4n) is 2.80. The fraction of sp³-hybridized carbons (Fsp3) is 0.350. The second kappa shape index (κ2) is 9.77. The van der Waals surface area contributed by atoms with Crippen molar-refractivity contribution in [3.63, 3.8) is 0 Å². The average molecular weight is 449 g/mol. The Morgan fingerprint density at radius 1 is 1.03 bits per heavy atom. The molecule has 0 aliphatic heterocycles. The molecule has 2 aromatic heterocycles. The monoisotopic (exact) mass is 448 g/mol. The molecular formula is C20H24N4O4S2. The van der Waals surface area contributed by atoms with Crippen LogP contribution in [-0.4, -0.2) is 43.6 Å². The molecule has 8 nitrogen and oxygen atoms in total. The van der Waals surface area contributed by atoms with Gasteiger partial charge in [-0.15, -0.1) is 11.3 Å². The van der Waals surface area contributed by atoms with E-state index in [0.717, 1.165) is 27.8 Å². The molecule has 0 fully saturated rings. The third kappa shape index (κ3) is 4.65. The summed E-state index contributed by atoms with van der Waals surface area (Å²) in [6.45, 7) is 8.28. The highest BCUT2D eigenvalue weighted by molar-refractivity contribution is 7.29. The van der Waals surface area contributed by atoms with E-state index in [9.17, 15) is 9.59 Å². The molecule has 2 heterocycles. The van der Waals surface area contributed by atoms with Crippen molar-refractivity contribution >= 4 is 49.1 Å². The van der Waals surface area contributed by atoms with Crippen molar-refractivity contribution in [1.82, 2.24) is 15.8 Å². The Kier molecular flexibility index (Phi) is 7.11. The molecule has 0 saturated carbocycles. The van der Waals surface area contributed by atoms with Crippen LogP contribution in [0.2, 0.25) is 0 Å². The molecule has 3 aromatic rings. The van der Waals surface area contributed by atoms with E-state index < -0.39 is 5.91 Å². The van der Waals surface area contributed by atoms with Crippen LogP contribution in [0.1, 0.15) is 40.8 Å². The van der Waals surface area contributed by atoms with E-state index in [2.05, 4.69) is 34.6 Å². The topological polar surface area (TPSA) is 92.8 Å². The van der Waals surface area contributed by atoms with E-state index in [0.29, 0.717) is 28.5 Å². The summed E-state index contributed by atoms with van der Waals surface area (Å²) in [5.74, 6) is 0.158. The van der Waals surface area contributed by atoms with Crippen LogP contribution in [0.4, 0.5) is 5.13 Å². The molecule has 2 N–H and O–H groups in total. The maximum atomic E-state index is 12.4. The van der Waals surface area contributed by atoms with Crippen LogP contribution >= 0.6 is 22.7 Å². The van der Waals surface area contributed by atoms with Crippen molar-refractivity contribution in [3.05, 3.63) is 34.7 Å². The van der Waals surface area contributed by atoms with Crippen molar-refractivity contribution in [2.75, 3.05) is 31.7 Å². The van der Waals surface area contributed by atoms with Gasteiger partial charge in [-0.2, -0.15) is 0 Å². The number of nitrogens with zero attached hydrogens (tertiary/aromatic N) is 2. The fourth-order valence-corrected chi connectivity index (χ4v) is 5.03. The number of hydrazine groups is 1. The van der Waals surface area contributed by atoms with Crippen molar-refractivity contribution in [1.29, 1.82) is 0 Å². The zero-order valence-electron chi connectivity index (χ0n) is 17.3. The number of hydrogen-bond donors (Lipinski definition) is 2. The van der Waals surface area contributed by atoms with Crippen LogP contribution in [0.3, 0.4) is 0 Å². The van der Waals surface area contributed by atoms with Gasteiger partial charge in [0, 0.05) is 18.7 Å². The van der Waals surface area contributed by atoms with Gasteiger partial charge >= 0.3 is 0 Å². The highest BCUT2D eigenvalue weighted by Crippen LogP contribution is 2.34. The summed E-state index contributed by atoms with van der Waals surface area (Å²) in [4.78, 5) is 32.9. The number of rotatable bonds is 8. The highest BCUT2D eigenvalue weighted by atomic mass is 32.1. The Morgan fingerprint density at radius 3 is 2.40 bits per heavy atom. The standard InChI is InChI=1S/C20H24N4O4S2/c1-5-24(6-2)20-21-19-16(30-20)11-15(29-19)18(26)23-22-17(25)12-8-9-13(28-7-3)14(10-12)27-4/h8-11H,5-7H2,1-4H3,(H,22,25)(H,23,26). The summed E-state index contributed by atoms with van der Waals surface area (Å²) in [6, 6.07) is 6.62. The van der Waals surface area contributed by atoms with E-state index >= 15 is 0 Å². The summed E-state index contributed by atoms with van der Waals surface area (Å²) >= 11 is 2.85. The van der Waals surface area contributed by atoms with Gasteiger partial charge in [0.2, 0.25) is 0 Å². The molecule has 0 aliphatic carbocycles. The first-order valence-electron chi connectivity index (χ1n) is 9.57. The Balaban J connectivity index is 1.65. The number of ether oxygens (including phenoxy) is 2. The lowest BCUT2D eigenvalue weighted by Gasteiger charge is -2.16. The van der Waals surface area contributed by atoms with Gasteiger partial charge in [-0.05, 0) is 45.0 Å². The van der Waals surface area contributed by atoms with Gasteiger partial charge in [-0.25, -0.2) is 4.98 Å². The number of carbonyl (C=O) groups is 2. The van der Waals surface area contributed by atoms with Gasteiger partial charge in [0.1, 0.15) is 4.83 Å². The minimum Gasteiger partial charge on any atom is -0.493 e. The van der Waals surface area contributed by atoms with E-state index in [4.69, 9.17) is 9.47 Å². The van der Waals surface area contributed by atoms with Crippen LogP contribution in [0.25, 0.3) is 9.53 Å². The molecule has 0 saturated heterocycles. The number of methoxy groups -OCH3 is 1. The van der Waals surface area contributed by atoms with Gasteiger partial charge in [0.25, 0.3) is 11.8 Å². The number of thiophene rings is 1. The maximum absolute atomic E-state index is 12.4. The summed E-state index contributed by atoms with van der Waals surface area (Å²) in [5, 5.41) is 0.950. The van der Waals surface area contributed by atoms with E-state index in [1.165, 1.54) is 18.4 Å². The number of fused-ring (bicyclic) bond motifs is 1. The van der Waals surface area contributed by atoms with E-state index in [-0.39, 0.29) is 5.91 Å². The molecule has 30 heavy (non-hydrogen) atoms. The molecule has 160 valence electrons. The second-order valence-electron chi connectivity index (χ2n) is 6.16. The van der Waals surface area contributed by atoms with Crippen LogP contribution < -0.4 is 25.2 Å². The van der Waals surface area contributed by atoms with Crippen molar-refractivity contribution < 1.29 is 19.1 Å². The minimum absolute atomic E-state index is 0.341. The van der Waals surface area contributed by atoms with Gasteiger partial charge in [-0.3, -0.25) is 20.4 Å². The number of nitrogens with one attached hydrogen (secondary N) is 2. The van der Waals surface area contributed by atoms with Crippen molar-refractivity contribution in [2.45, 2.75) is 20.8 Å². The average Bonchev–Trinajstić information content (AvgIpc) is 3.32. The second-order valence-corrected chi connectivity index (χ2v) is 8.20. The largest absolute Gasteiger partial charge is 0.493 e. The van der Waals surface area contributed by atoms with Gasteiger partial charge in [0.15, 0.2) is 16.6 Å². The van der Waals surface area contributed by atoms with Crippen LogP contribution in [0.15, 0.2) is 24.3 Å². The van der Waals surface area contributed by atoms with Gasteiger partial charge < -0.3 is 14.4 Å². The Labute approximate surface area is 182 Å². The zero-order valence-corrected chi connectivity index (χ0v) is 18.9. The predicted octanol–water partition coefficient (Wildman–Crippen LogP) is 3.69. The number of hydrogen-bond acceptors (Lipinski definition) is 8. The lowest BCUT2D eigenvalue weighted by atomic mass is 10.2. The Hall–Kier alpha value is -2.85. The Morgan fingerprint density at radius 2 is 1.77 bits per heavy atom. The molecule has 10 heteroatoms. The molecular weight excluding hydrogens is 424 g/mol. The summed E-state index contributed by atoms with van der Waals surface area (Å²) in [5.41, 5.74) is 5.22. The van der Waals surface area contributed by atoms with Gasteiger partial charge in [-0.1, -0.05) is 11.3 Å². The van der Waals surface area contributed by atoms with E-state index in [1.54, 1.807) is 35.6 Å². The molecule has 0 spiro atoms. The van der Waals surface area contributed by atoms with Crippen LogP contribution in [0.5, 0.6) is 11.5 Å². The molecule has 1 aromatic carbocycles. The molecule has 3 rings (SSSR count). The van der Waals surface area contributed by atoms with Crippen LogP contribution in [-0.2, 0) is 0 Å². The third-order valence-corrected chi connectivity index (χ3v) is 6.57. The number of benzene rings is 1. The first-order chi connectivity index (χ1) is 14.5. The highest BCUT2D eigenvalue weighted by Gasteiger charge is 2.17. The number of aromatic nitrogens is 1. The molecule has 0 atom stereocenters. The molecule has 0 bridgehead atoms. The minimum atomic E-state index is -0.454. The lowest BCUT2D eigenvalue weighted by molar-refractivity contribution is 0.0848. The maximum Gasteiger partial charge on any atom is 0.279 e. The Bertz CT molecular complexity index is 1010. The third-order valence-electron chi connectivity index (χ3n) is 4.35. The van der Waals surface area contributed by atoms with Crippen molar-refractivity contribution in [2.24, 2.45) is 0 Å². The summed E-state index contributed by atoms with van der Waals surface area (Å²) in [6.07, 6.45) is 0. The first-order valence-corrected chi connectivity index (χ1v) is 11.2. The first kappa shape index (κ1) is 21.8.